The third-order valence-electron chi connectivity index (χ3n) is 6.61. The lowest BCUT2D eigenvalue weighted by Gasteiger charge is -2.23. The summed E-state index contributed by atoms with van der Waals surface area (Å²) in [5, 5.41) is 25.7. The van der Waals surface area contributed by atoms with Crippen LogP contribution in [-0.4, -0.2) is 51.4 Å². The number of rotatable bonds is 8. The van der Waals surface area contributed by atoms with Gasteiger partial charge in [0, 0.05) is 37.9 Å². The van der Waals surface area contributed by atoms with E-state index in [0.717, 1.165) is 12.8 Å². The fourth-order valence-electron chi connectivity index (χ4n) is 4.36. The fraction of sp³-hybridized carbons (Fsp3) is 0.367. The molecule has 1 aliphatic carbocycles. The number of halogens is 1. The molecule has 0 spiro atoms. The van der Waals surface area contributed by atoms with Crippen LogP contribution in [0.4, 0.5) is 15.8 Å². The molecule has 0 radical (unpaired) electrons. The number of nitrogens with one attached hydrogen (secondary N) is 2. The lowest BCUT2D eigenvalue weighted by Crippen LogP contribution is -2.23. The first kappa shape index (κ1) is 25.7. The molecule has 1 aliphatic rings. The van der Waals surface area contributed by atoms with Gasteiger partial charge in [0.05, 0.1) is 42.0 Å². The average molecular weight is 542 g/mol. The van der Waals surface area contributed by atoms with Crippen LogP contribution in [0.15, 0.2) is 48.8 Å². The first-order valence-corrected chi connectivity index (χ1v) is 13.2. The molecule has 0 bridgehead atoms. The number of anilines is 2. The van der Waals surface area contributed by atoms with Gasteiger partial charge in [-0.05, 0) is 48.1 Å². The van der Waals surface area contributed by atoms with Crippen molar-refractivity contribution in [3.8, 4) is 6.07 Å². The summed E-state index contributed by atoms with van der Waals surface area (Å²) in [5.74, 6) is -0.707. The SMILES string of the molecule is [2H][C@@](Nc1cc(C(=O)N(C)C)c2ncc(C#N)c(NCC(C)(C)C)c2c1)(c1ccc(F)cc1)c1cn(C2CC2)nn1. The minimum Gasteiger partial charge on any atom is -0.383 e. The molecule has 2 aromatic heterocycles. The maximum Gasteiger partial charge on any atom is 0.255 e. The van der Waals surface area contributed by atoms with Crippen LogP contribution in [0.3, 0.4) is 0 Å². The minimum atomic E-state index is -1.67. The van der Waals surface area contributed by atoms with E-state index in [0.29, 0.717) is 51.2 Å². The Labute approximate surface area is 234 Å². The van der Waals surface area contributed by atoms with Crippen LogP contribution in [0, 0.1) is 22.6 Å². The van der Waals surface area contributed by atoms with Gasteiger partial charge in [-0.25, -0.2) is 9.07 Å². The molecule has 10 heteroatoms. The Bertz CT molecular complexity index is 1650. The van der Waals surface area contributed by atoms with Crippen LogP contribution in [-0.2, 0) is 0 Å². The maximum absolute atomic E-state index is 13.9. The molecule has 2 heterocycles. The summed E-state index contributed by atoms with van der Waals surface area (Å²) in [4.78, 5) is 19.3. The Hall–Kier alpha value is -4.52. The van der Waals surface area contributed by atoms with Crippen molar-refractivity contribution in [3.63, 3.8) is 0 Å². The van der Waals surface area contributed by atoms with Crippen LogP contribution >= 0.6 is 0 Å². The number of hydrogen-bond donors (Lipinski definition) is 2. The van der Waals surface area contributed by atoms with Crippen molar-refractivity contribution in [2.24, 2.45) is 5.41 Å². The summed E-state index contributed by atoms with van der Waals surface area (Å²) in [5.41, 5.74) is 2.74. The Morgan fingerprint density at radius 2 is 2.00 bits per heavy atom. The Kier molecular flexibility index (Phi) is 6.80. The van der Waals surface area contributed by atoms with Crippen molar-refractivity contribution in [1.29, 1.82) is 5.26 Å². The fourth-order valence-corrected chi connectivity index (χ4v) is 4.36. The van der Waals surface area contributed by atoms with Gasteiger partial charge >= 0.3 is 0 Å². The smallest absolute Gasteiger partial charge is 0.255 e. The number of nitrogens with zero attached hydrogens (tertiary/aromatic N) is 6. The summed E-state index contributed by atoms with van der Waals surface area (Å²) in [6.07, 6.45) is 5.20. The van der Waals surface area contributed by atoms with Crippen molar-refractivity contribution in [3.05, 3.63) is 77.0 Å². The molecule has 5 rings (SSSR count). The van der Waals surface area contributed by atoms with E-state index < -0.39 is 11.8 Å². The molecule has 40 heavy (non-hydrogen) atoms. The van der Waals surface area contributed by atoms with E-state index in [1.54, 1.807) is 37.1 Å². The summed E-state index contributed by atoms with van der Waals surface area (Å²) < 4.78 is 25.3. The van der Waals surface area contributed by atoms with Crippen LogP contribution in [0.5, 0.6) is 0 Å². The normalized spacial score (nSPS) is 15.2. The number of carbonyl (C=O) groups excluding carboxylic acids is 1. The van der Waals surface area contributed by atoms with Gasteiger partial charge in [0.15, 0.2) is 0 Å². The highest BCUT2D eigenvalue weighted by Gasteiger charge is 2.28. The zero-order chi connectivity index (χ0) is 29.5. The van der Waals surface area contributed by atoms with Gasteiger partial charge in [-0.15, -0.1) is 5.10 Å². The van der Waals surface area contributed by atoms with E-state index in [1.165, 1.54) is 35.4 Å². The van der Waals surface area contributed by atoms with E-state index >= 15 is 0 Å². The molecular formula is C30H33FN8O. The van der Waals surface area contributed by atoms with Crippen molar-refractivity contribution in [2.75, 3.05) is 31.3 Å². The molecule has 2 aromatic carbocycles. The summed E-state index contributed by atoms with van der Waals surface area (Å²) in [6, 6.07) is 9.87. The molecule has 9 nitrogen and oxygen atoms in total. The van der Waals surface area contributed by atoms with Crippen LogP contribution < -0.4 is 10.6 Å². The standard InChI is InChI=1S/C30H33FN8O/c1-30(2,3)17-34-26-19(14-32)15-33-28-23(26)12-21(13-24(28)29(40)38(4)5)35-27(18-6-8-20(31)9-7-18)25-16-39(37-36-25)22-10-11-22/h6-9,12-13,15-16,22,27,35H,10-11,17H2,1-5H3,(H,33,34)/t27-/m1/s1/i27D. The number of nitriles is 1. The summed E-state index contributed by atoms with van der Waals surface area (Å²) in [6.45, 7) is 6.80. The van der Waals surface area contributed by atoms with Gasteiger partial charge in [0.1, 0.15) is 17.6 Å². The predicted octanol–water partition coefficient (Wildman–Crippen LogP) is 5.53. The molecule has 2 N–H and O–H groups in total. The number of fused-ring (bicyclic) bond motifs is 1. The third kappa shape index (κ3) is 5.73. The minimum absolute atomic E-state index is 0.0905. The van der Waals surface area contributed by atoms with Crippen molar-refractivity contribution in [1.82, 2.24) is 24.9 Å². The zero-order valence-corrected chi connectivity index (χ0v) is 23.3. The number of amides is 1. The van der Waals surface area contributed by atoms with Gasteiger partial charge in [-0.1, -0.05) is 38.1 Å². The van der Waals surface area contributed by atoms with E-state index in [4.69, 9.17) is 0 Å². The quantitative estimate of drug-likeness (QED) is 0.302. The highest BCUT2D eigenvalue weighted by molar-refractivity contribution is 6.10. The van der Waals surface area contributed by atoms with Crippen LogP contribution in [0.25, 0.3) is 10.9 Å². The maximum atomic E-state index is 13.9. The van der Waals surface area contributed by atoms with E-state index in [9.17, 15) is 15.8 Å². The molecular weight excluding hydrogens is 507 g/mol. The Balaban J connectivity index is 1.70. The van der Waals surface area contributed by atoms with Gasteiger partial charge in [-0.2, -0.15) is 5.26 Å². The second-order valence-electron chi connectivity index (χ2n) is 11.5. The Morgan fingerprint density at radius 1 is 1.27 bits per heavy atom. The van der Waals surface area contributed by atoms with Gasteiger partial charge in [0.25, 0.3) is 5.91 Å². The van der Waals surface area contributed by atoms with Crippen molar-refractivity contribution >= 4 is 28.2 Å². The number of hydrogen-bond acceptors (Lipinski definition) is 7. The number of pyridine rings is 1. The highest BCUT2D eigenvalue weighted by Crippen LogP contribution is 2.37. The lowest BCUT2D eigenvalue weighted by molar-refractivity contribution is 0.0829. The average Bonchev–Trinajstić information content (AvgIpc) is 3.65. The largest absolute Gasteiger partial charge is 0.383 e. The third-order valence-corrected chi connectivity index (χ3v) is 6.61. The van der Waals surface area contributed by atoms with Gasteiger partial charge < -0.3 is 15.5 Å². The molecule has 206 valence electrons. The molecule has 1 amide bonds. The monoisotopic (exact) mass is 541 g/mol. The van der Waals surface area contributed by atoms with E-state index in [2.05, 4.69) is 52.8 Å². The molecule has 0 unspecified atom stereocenters. The Morgan fingerprint density at radius 3 is 2.62 bits per heavy atom. The first-order chi connectivity index (χ1) is 19.4. The van der Waals surface area contributed by atoms with E-state index in [-0.39, 0.29) is 17.4 Å². The predicted molar refractivity (Wildman–Crippen MR) is 153 cm³/mol. The summed E-state index contributed by atoms with van der Waals surface area (Å²) >= 11 is 0. The zero-order valence-electron chi connectivity index (χ0n) is 24.3. The second kappa shape index (κ2) is 10.6. The van der Waals surface area contributed by atoms with Gasteiger partial charge in [0.2, 0.25) is 0 Å². The molecule has 1 fully saturated rings. The summed E-state index contributed by atoms with van der Waals surface area (Å²) in [7, 11) is 3.31. The highest BCUT2D eigenvalue weighted by atomic mass is 19.1. The van der Waals surface area contributed by atoms with Crippen molar-refractivity contribution in [2.45, 2.75) is 45.7 Å². The number of aromatic nitrogens is 4. The molecule has 0 aliphatic heterocycles. The van der Waals surface area contributed by atoms with Crippen LogP contribution in [0.2, 0.25) is 0 Å². The topological polar surface area (TPSA) is 112 Å². The molecule has 1 atom stereocenters. The van der Waals surface area contributed by atoms with Crippen molar-refractivity contribution < 1.29 is 10.6 Å². The lowest BCUT2D eigenvalue weighted by atomic mass is 9.96. The van der Waals surface area contributed by atoms with Gasteiger partial charge in [-0.3, -0.25) is 9.78 Å². The molecule has 4 aromatic rings. The van der Waals surface area contributed by atoms with Crippen LogP contribution in [0.1, 0.15) is 74.2 Å². The second-order valence-corrected chi connectivity index (χ2v) is 11.5. The number of benzene rings is 2. The molecule has 0 saturated heterocycles. The van der Waals surface area contributed by atoms with E-state index in [1.807, 2.05) is 0 Å². The molecule has 1 saturated carbocycles. The number of carbonyl (C=O) groups is 1. The first-order valence-electron chi connectivity index (χ1n) is 13.7.